The molecule has 0 unspecified atom stereocenters. The van der Waals surface area contributed by atoms with Crippen molar-refractivity contribution >= 4 is 29.1 Å². The average Bonchev–Trinajstić information content (AvgIpc) is 2.66. The highest BCUT2D eigenvalue weighted by Crippen LogP contribution is 2.37. The summed E-state index contributed by atoms with van der Waals surface area (Å²) in [7, 11) is 0. The molecule has 1 aromatic heterocycles. The van der Waals surface area contributed by atoms with Crippen LogP contribution < -0.4 is 15.0 Å². The highest BCUT2D eigenvalue weighted by molar-refractivity contribution is 6.07. The second kappa shape index (κ2) is 7.74. The molecule has 2 aromatic rings. The van der Waals surface area contributed by atoms with Gasteiger partial charge in [0.1, 0.15) is 6.54 Å². The summed E-state index contributed by atoms with van der Waals surface area (Å²) >= 11 is 0. The van der Waals surface area contributed by atoms with E-state index in [4.69, 9.17) is 4.74 Å². The number of anilines is 2. The molecule has 30 heavy (non-hydrogen) atoms. The van der Waals surface area contributed by atoms with Gasteiger partial charge in [-0.1, -0.05) is 32.0 Å². The molecule has 0 fully saturated rings. The zero-order chi connectivity index (χ0) is 22.2. The zero-order valence-corrected chi connectivity index (χ0v) is 17.6. The molecule has 158 valence electrons. The van der Waals surface area contributed by atoms with Crippen LogP contribution in [0, 0.1) is 17.0 Å². The van der Waals surface area contributed by atoms with Crippen LogP contribution in [0.4, 0.5) is 17.3 Å². The standard InChI is InChI=1S/C21H24N4O5/c1-12(2)14-8-6-7-13(3)18(14)23-17(26)11-24-19-15(30-21(4,5)20(24)27)9-10-16(22-19)25(28)29/h6-10,12H,11H2,1-5H3,(H,23,26). The van der Waals surface area contributed by atoms with Gasteiger partial charge >= 0.3 is 5.82 Å². The number of aryl methyl sites for hydroxylation is 1. The molecular formula is C21H24N4O5. The monoisotopic (exact) mass is 412 g/mol. The fourth-order valence-electron chi connectivity index (χ4n) is 3.35. The predicted molar refractivity (Wildman–Crippen MR) is 112 cm³/mol. The number of amides is 2. The predicted octanol–water partition coefficient (Wildman–Crippen LogP) is 3.56. The van der Waals surface area contributed by atoms with E-state index in [-0.39, 0.29) is 24.0 Å². The van der Waals surface area contributed by atoms with Gasteiger partial charge in [-0.3, -0.25) is 14.5 Å². The molecule has 1 aromatic carbocycles. The fourth-order valence-corrected chi connectivity index (χ4v) is 3.35. The van der Waals surface area contributed by atoms with Crippen molar-refractivity contribution in [1.29, 1.82) is 0 Å². The number of hydrogen-bond acceptors (Lipinski definition) is 6. The van der Waals surface area contributed by atoms with Gasteiger partial charge in [-0.25, -0.2) is 0 Å². The molecule has 0 saturated heterocycles. The third-order valence-corrected chi connectivity index (χ3v) is 4.89. The Bertz CT molecular complexity index is 1030. The Balaban J connectivity index is 1.94. The van der Waals surface area contributed by atoms with Crippen LogP contribution >= 0.6 is 0 Å². The molecule has 9 heteroatoms. The number of rotatable bonds is 5. The van der Waals surface area contributed by atoms with E-state index >= 15 is 0 Å². The maximum atomic E-state index is 12.9. The first kappa shape index (κ1) is 21.2. The number of pyridine rings is 1. The number of hydrogen-bond donors (Lipinski definition) is 1. The van der Waals surface area contributed by atoms with Crippen molar-refractivity contribution in [3.05, 3.63) is 51.6 Å². The molecule has 1 aliphatic heterocycles. The normalized spacial score (nSPS) is 14.9. The third kappa shape index (κ3) is 3.96. The zero-order valence-electron chi connectivity index (χ0n) is 17.6. The number of aromatic nitrogens is 1. The Morgan fingerprint density at radius 3 is 2.63 bits per heavy atom. The van der Waals surface area contributed by atoms with Gasteiger partial charge in [-0.15, -0.1) is 0 Å². The van der Waals surface area contributed by atoms with Crippen molar-refractivity contribution < 1.29 is 19.2 Å². The van der Waals surface area contributed by atoms with E-state index in [9.17, 15) is 19.7 Å². The average molecular weight is 412 g/mol. The SMILES string of the molecule is Cc1cccc(C(C)C)c1NC(=O)CN1C(=O)C(C)(C)Oc2ccc([N+](=O)[O-])nc21. The van der Waals surface area contributed by atoms with E-state index in [0.717, 1.165) is 16.0 Å². The molecule has 1 N–H and O–H groups in total. The number of carbonyl (C=O) groups excluding carboxylic acids is 2. The Morgan fingerprint density at radius 1 is 1.30 bits per heavy atom. The molecule has 0 radical (unpaired) electrons. The van der Waals surface area contributed by atoms with Crippen LogP contribution in [-0.4, -0.2) is 33.9 Å². The minimum Gasteiger partial charge on any atom is -0.472 e. The molecule has 0 bridgehead atoms. The summed E-state index contributed by atoms with van der Waals surface area (Å²) in [5.41, 5.74) is 1.34. The van der Waals surface area contributed by atoms with Crippen molar-refractivity contribution in [3.63, 3.8) is 0 Å². The van der Waals surface area contributed by atoms with Crippen LogP contribution in [0.5, 0.6) is 5.75 Å². The second-order valence-electron chi connectivity index (χ2n) is 7.99. The van der Waals surface area contributed by atoms with Crippen molar-refractivity contribution in [2.45, 2.75) is 46.1 Å². The Hall–Kier alpha value is -3.49. The summed E-state index contributed by atoms with van der Waals surface area (Å²) in [6, 6.07) is 8.35. The van der Waals surface area contributed by atoms with Crippen LogP contribution in [0.15, 0.2) is 30.3 Å². The number of fused-ring (bicyclic) bond motifs is 1. The van der Waals surface area contributed by atoms with Crippen molar-refractivity contribution in [2.75, 3.05) is 16.8 Å². The summed E-state index contributed by atoms with van der Waals surface area (Å²) in [4.78, 5) is 41.3. The number of para-hydroxylation sites is 1. The molecular weight excluding hydrogens is 388 g/mol. The smallest absolute Gasteiger partial charge is 0.366 e. The highest BCUT2D eigenvalue weighted by Gasteiger charge is 2.45. The van der Waals surface area contributed by atoms with Gasteiger partial charge < -0.3 is 20.2 Å². The third-order valence-electron chi connectivity index (χ3n) is 4.89. The number of carbonyl (C=O) groups is 2. The topological polar surface area (TPSA) is 115 Å². The minimum atomic E-state index is -1.24. The first-order valence-electron chi connectivity index (χ1n) is 9.57. The molecule has 0 spiro atoms. The summed E-state index contributed by atoms with van der Waals surface area (Å²) in [6.07, 6.45) is 0. The van der Waals surface area contributed by atoms with E-state index in [1.54, 1.807) is 13.8 Å². The minimum absolute atomic E-state index is 0.0439. The van der Waals surface area contributed by atoms with E-state index in [2.05, 4.69) is 10.3 Å². The maximum absolute atomic E-state index is 12.9. The van der Waals surface area contributed by atoms with Gasteiger partial charge in [0.15, 0.2) is 11.4 Å². The lowest BCUT2D eigenvalue weighted by molar-refractivity contribution is -0.389. The highest BCUT2D eigenvalue weighted by atomic mass is 16.6. The summed E-state index contributed by atoms with van der Waals surface area (Å²) in [6.45, 7) is 8.74. The molecule has 0 aliphatic carbocycles. The molecule has 1 aliphatic rings. The lowest BCUT2D eigenvalue weighted by atomic mass is 9.98. The number of benzene rings is 1. The molecule has 2 amide bonds. The van der Waals surface area contributed by atoms with E-state index in [1.807, 2.05) is 39.0 Å². The van der Waals surface area contributed by atoms with Crippen LogP contribution in [0.1, 0.15) is 44.7 Å². The summed E-state index contributed by atoms with van der Waals surface area (Å²) in [5.74, 6) is -1.02. The first-order valence-corrected chi connectivity index (χ1v) is 9.57. The molecule has 9 nitrogen and oxygen atoms in total. The molecule has 2 heterocycles. The van der Waals surface area contributed by atoms with Gasteiger partial charge in [0.25, 0.3) is 11.7 Å². The largest absolute Gasteiger partial charge is 0.472 e. The number of nitro groups is 1. The number of ether oxygens (including phenoxy) is 1. The van der Waals surface area contributed by atoms with Gasteiger partial charge in [0.05, 0.1) is 0 Å². The fraction of sp³-hybridized carbons (Fsp3) is 0.381. The van der Waals surface area contributed by atoms with Crippen LogP contribution in [-0.2, 0) is 9.59 Å². The van der Waals surface area contributed by atoms with Crippen molar-refractivity contribution in [1.82, 2.24) is 4.98 Å². The number of nitrogens with one attached hydrogen (secondary N) is 1. The maximum Gasteiger partial charge on any atom is 0.366 e. The van der Waals surface area contributed by atoms with E-state index in [1.165, 1.54) is 12.1 Å². The number of nitrogens with zero attached hydrogens (tertiary/aromatic N) is 3. The van der Waals surface area contributed by atoms with Crippen molar-refractivity contribution in [2.24, 2.45) is 0 Å². The summed E-state index contributed by atoms with van der Waals surface area (Å²) < 4.78 is 5.66. The van der Waals surface area contributed by atoms with Gasteiger partial charge in [-0.05, 0) is 53.8 Å². The Morgan fingerprint density at radius 2 is 2.00 bits per heavy atom. The quantitative estimate of drug-likeness (QED) is 0.593. The van der Waals surface area contributed by atoms with Crippen LogP contribution in [0.2, 0.25) is 0 Å². The van der Waals surface area contributed by atoms with E-state index < -0.39 is 28.2 Å². The summed E-state index contributed by atoms with van der Waals surface area (Å²) in [5, 5.41) is 14.0. The molecule has 3 rings (SSSR count). The Labute approximate surface area is 174 Å². The molecule has 0 atom stereocenters. The van der Waals surface area contributed by atoms with Crippen LogP contribution in [0.3, 0.4) is 0 Å². The first-order chi connectivity index (χ1) is 14.0. The van der Waals surface area contributed by atoms with Crippen molar-refractivity contribution in [3.8, 4) is 5.75 Å². The van der Waals surface area contributed by atoms with Gasteiger partial charge in [0.2, 0.25) is 5.91 Å². The molecule has 0 saturated carbocycles. The lowest BCUT2D eigenvalue weighted by Crippen LogP contribution is -2.54. The van der Waals surface area contributed by atoms with Crippen LogP contribution in [0.25, 0.3) is 0 Å². The van der Waals surface area contributed by atoms with Gasteiger partial charge in [0, 0.05) is 11.8 Å². The lowest BCUT2D eigenvalue weighted by Gasteiger charge is -2.35. The Kier molecular flexibility index (Phi) is 5.47. The second-order valence-corrected chi connectivity index (χ2v) is 7.99. The van der Waals surface area contributed by atoms with E-state index in [0.29, 0.717) is 5.69 Å². The van der Waals surface area contributed by atoms with Gasteiger partial charge in [-0.2, -0.15) is 0 Å².